The minimum atomic E-state index is -5.13. The molecule has 0 amide bonds. The van der Waals surface area contributed by atoms with E-state index in [9.17, 15) is 44.6 Å². The summed E-state index contributed by atoms with van der Waals surface area (Å²) in [6.07, 6.45) is 31.3. The van der Waals surface area contributed by atoms with Gasteiger partial charge in [0, 0.05) is 12.8 Å². The van der Waals surface area contributed by atoms with Crippen LogP contribution in [0.1, 0.15) is 168 Å². The molecular weight excluding hydrogens is 803 g/mol. The van der Waals surface area contributed by atoms with Crippen LogP contribution in [-0.4, -0.2) is 98.3 Å². The molecule has 0 bridgehead atoms. The lowest BCUT2D eigenvalue weighted by Crippen LogP contribution is -2.64. The third-order valence-electron chi connectivity index (χ3n) is 10.3. The van der Waals surface area contributed by atoms with Crippen LogP contribution in [0.3, 0.4) is 0 Å². The van der Waals surface area contributed by atoms with Gasteiger partial charge in [0.2, 0.25) is 0 Å². The topological polar surface area (TPSA) is 210 Å². The minimum absolute atomic E-state index is 0.0772. The number of unbranched alkanes of at least 4 members (excludes halogenated alkanes) is 15. The van der Waals surface area contributed by atoms with E-state index in [-0.39, 0.29) is 12.8 Å². The van der Waals surface area contributed by atoms with Crippen LogP contribution < -0.4 is 0 Å². The molecule has 61 heavy (non-hydrogen) atoms. The summed E-state index contributed by atoms with van der Waals surface area (Å²) in [6.45, 7) is 3.18. The maximum atomic E-state index is 12.8. The third-order valence-corrected chi connectivity index (χ3v) is 11.3. The van der Waals surface area contributed by atoms with Gasteiger partial charge in [0.05, 0.1) is 6.61 Å². The highest BCUT2D eigenvalue weighted by Crippen LogP contribution is 2.47. The lowest BCUT2D eigenvalue weighted by atomic mass is 9.85. The van der Waals surface area contributed by atoms with E-state index in [0.29, 0.717) is 12.8 Å². The summed E-state index contributed by atoms with van der Waals surface area (Å²) in [5.74, 6) is -1.15. The van der Waals surface area contributed by atoms with E-state index in [2.05, 4.69) is 74.6 Å². The Morgan fingerprint density at radius 2 is 0.918 bits per heavy atom. The van der Waals surface area contributed by atoms with Gasteiger partial charge < -0.3 is 39.9 Å². The molecular formula is C47H81O13P. The van der Waals surface area contributed by atoms with Gasteiger partial charge in [-0.15, -0.1) is 0 Å². The van der Waals surface area contributed by atoms with Crippen LogP contribution in [0.4, 0.5) is 0 Å². The summed E-state index contributed by atoms with van der Waals surface area (Å²) in [5, 5.41) is 50.1. The minimum Gasteiger partial charge on any atom is -0.462 e. The molecule has 0 spiro atoms. The highest BCUT2D eigenvalue weighted by atomic mass is 31.2. The number of hydrogen-bond acceptors (Lipinski definition) is 12. The Kier molecular flexibility index (Phi) is 34.3. The highest BCUT2D eigenvalue weighted by Gasteiger charge is 2.51. The van der Waals surface area contributed by atoms with Crippen LogP contribution in [0.5, 0.6) is 0 Å². The Labute approximate surface area is 366 Å². The summed E-state index contributed by atoms with van der Waals surface area (Å²) < 4.78 is 33.5. The number of esters is 2. The van der Waals surface area contributed by atoms with E-state index < -0.39 is 75.7 Å². The zero-order valence-corrected chi connectivity index (χ0v) is 38.1. The van der Waals surface area contributed by atoms with Crippen LogP contribution in [0.25, 0.3) is 0 Å². The molecule has 0 aromatic heterocycles. The van der Waals surface area contributed by atoms with Crippen LogP contribution in [0.2, 0.25) is 0 Å². The van der Waals surface area contributed by atoms with E-state index in [4.69, 9.17) is 18.5 Å². The third kappa shape index (κ3) is 29.5. The lowest BCUT2D eigenvalue weighted by molar-refractivity contribution is -0.220. The van der Waals surface area contributed by atoms with Gasteiger partial charge in [-0.2, -0.15) is 0 Å². The van der Waals surface area contributed by atoms with Gasteiger partial charge in [-0.05, 0) is 77.0 Å². The Balaban J connectivity index is 2.50. The number of aliphatic hydroxyl groups excluding tert-OH is 5. The molecule has 1 saturated carbocycles. The molecule has 6 N–H and O–H groups in total. The second-order valence-corrected chi connectivity index (χ2v) is 17.3. The molecule has 0 aromatic rings. The number of aliphatic hydroxyl groups is 5. The molecule has 0 radical (unpaired) electrons. The van der Waals surface area contributed by atoms with Crippen molar-refractivity contribution in [3.63, 3.8) is 0 Å². The van der Waals surface area contributed by atoms with Crippen LogP contribution in [0.15, 0.2) is 60.8 Å². The first-order chi connectivity index (χ1) is 29.4. The largest absolute Gasteiger partial charge is 0.472 e. The molecule has 1 aliphatic rings. The van der Waals surface area contributed by atoms with Gasteiger partial charge in [0.15, 0.2) is 6.10 Å². The molecule has 1 fully saturated rings. The van der Waals surface area contributed by atoms with Gasteiger partial charge in [-0.25, -0.2) is 4.57 Å². The van der Waals surface area contributed by atoms with Crippen LogP contribution in [0, 0.1) is 0 Å². The SMILES string of the molecule is CCC/C=C/C/C=C/C/C=C/C/C=C/CCCCCC(=O)OC[C@@H](COP(=O)(O)OC1C(O)C(O)C(O)[C@H](O)C1O)OC(=O)CCCCCCC/C=C/CCCCCCCC. The normalized spacial score (nSPS) is 22.6. The molecule has 0 saturated heterocycles. The Morgan fingerprint density at radius 1 is 0.508 bits per heavy atom. The fourth-order valence-electron chi connectivity index (χ4n) is 6.57. The van der Waals surface area contributed by atoms with Crippen molar-refractivity contribution < 1.29 is 63.1 Å². The molecule has 1 aliphatic carbocycles. The molecule has 0 aromatic carbocycles. The van der Waals surface area contributed by atoms with Crippen molar-refractivity contribution in [2.24, 2.45) is 0 Å². The summed E-state index contributed by atoms with van der Waals surface area (Å²) in [4.78, 5) is 35.7. The molecule has 1 rings (SSSR count). The number of carbonyl (C=O) groups excluding carboxylic acids is 2. The van der Waals surface area contributed by atoms with Gasteiger partial charge in [0.25, 0.3) is 0 Å². The van der Waals surface area contributed by atoms with Crippen LogP contribution in [-0.2, 0) is 32.7 Å². The first-order valence-corrected chi connectivity index (χ1v) is 24.6. The fraction of sp³-hybridized carbons (Fsp3) is 0.745. The number of ether oxygens (including phenoxy) is 2. The van der Waals surface area contributed by atoms with E-state index in [1.807, 2.05) is 0 Å². The lowest BCUT2D eigenvalue weighted by Gasteiger charge is -2.41. The molecule has 8 atom stereocenters. The molecule has 13 nitrogen and oxygen atoms in total. The average molecular weight is 885 g/mol. The predicted octanol–water partition coefficient (Wildman–Crippen LogP) is 8.94. The van der Waals surface area contributed by atoms with Crippen molar-refractivity contribution in [2.75, 3.05) is 13.2 Å². The summed E-state index contributed by atoms with van der Waals surface area (Å²) in [5.41, 5.74) is 0. The predicted molar refractivity (Wildman–Crippen MR) is 239 cm³/mol. The highest BCUT2D eigenvalue weighted by molar-refractivity contribution is 7.47. The smallest absolute Gasteiger partial charge is 0.462 e. The van der Waals surface area contributed by atoms with E-state index >= 15 is 0 Å². The standard InChI is InChI=1S/C47H81O13P/c1-3-5-7-9-11-13-15-17-19-20-22-23-25-27-29-31-33-35-40(48)57-37-39(38-58-61(55,56)60-47-45(53)43(51)42(50)44(52)46(47)54)59-41(49)36-34-32-30-28-26-24-21-18-16-14-12-10-8-6-4-2/h7,9,13,15,18-21,23,25,39,42-47,50-54H,3-6,8,10-12,14,16-17,22,24,26-38H2,1-2H3,(H,55,56)/b9-7+,15-13+,20-19+,21-18+,25-23+/t39-,42?,43-,44?,45?,46?,47?/m0/s1. The Hall–Kier alpha value is -2.45. The number of rotatable bonds is 37. The van der Waals surface area contributed by atoms with Crippen molar-refractivity contribution in [1.29, 1.82) is 0 Å². The number of allylic oxidation sites excluding steroid dienone is 10. The summed E-state index contributed by atoms with van der Waals surface area (Å²) in [7, 11) is -5.13. The van der Waals surface area contributed by atoms with Crippen LogP contribution >= 0.6 is 7.82 Å². The maximum Gasteiger partial charge on any atom is 0.472 e. The zero-order chi connectivity index (χ0) is 45.0. The maximum absolute atomic E-state index is 12.8. The van der Waals surface area contributed by atoms with E-state index in [1.165, 1.54) is 44.9 Å². The first kappa shape index (κ1) is 56.6. The number of hydrogen-bond donors (Lipinski definition) is 6. The molecule has 14 heteroatoms. The van der Waals surface area contributed by atoms with Crippen molar-refractivity contribution in [2.45, 2.75) is 211 Å². The zero-order valence-electron chi connectivity index (χ0n) is 37.2. The van der Waals surface area contributed by atoms with Gasteiger partial charge in [-0.1, -0.05) is 139 Å². The van der Waals surface area contributed by atoms with Crippen molar-refractivity contribution in [3.8, 4) is 0 Å². The second kappa shape index (κ2) is 37.0. The van der Waals surface area contributed by atoms with Crippen molar-refractivity contribution >= 4 is 19.8 Å². The summed E-state index contributed by atoms with van der Waals surface area (Å²) >= 11 is 0. The number of phosphoric ester groups is 1. The summed E-state index contributed by atoms with van der Waals surface area (Å²) in [6, 6.07) is 0. The molecule has 6 unspecified atom stereocenters. The quantitative estimate of drug-likeness (QED) is 0.0149. The average Bonchev–Trinajstić information content (AvgIpc) is 3.24. The monoisotopic (exact) mass is 885 g/mol. The molecule has 0 aliphatic heterocycles. The van der Waals surface area contributed by atoms with Crippen molar-refractivity contribution in [3.05, 3.63) is 60.8 Å². The first-order valence-electron chi connectivity index (χ1n) is 23.1. The second-order valence-electron chi connectivity index (χ2n) is 15.9. The number of phosphoric acid groups is 1. The van der Waals surface area contributed by atoms with Gasteiger partial charge in [0.1, 0.15) is 43.2 Å². The molecule has 0 heterocycles. The Bertz CT molecular complexity index is 1300. The fourth-order valence-corrected chi connectivity index (χ4v) is 7.54. The van der Waals surface area contributed by atoms with E-state index in [1.54, 1.807) is 0 Å². The van der Waals surface area contributed by atoms with Gasteiger partial charge in [-0.3, -0.25) is 18.6 Å². The molecule has 352 valence electrons. The van der Waals surface area contributed by atoms with E-state index in [0.717, 1.165) is 83.5 Å². The number of carbonyl (C=O) groups is 2. The van der Waals surface area contributed by atoms with Crippen molar-refractivity contribution in [1.82, 2.24) is 0 Å². The Morgan fingerprint density at radius 3 is 1.44 bits per heavy atom. The van der Waals surface area contributed by atoms with Gasteiger partial charge >= 0.3 is 19.8 Å².